The molecule has 0 bridgehead atoms. The highest BCUT2D eigenvalue weighted by atomic mass is 19.4. The van der Waals surface area contributed by atoms with Crippen molar-refractivity contribution in [2.45, 2.75) is 25.1 Å². The van der Waals surface area contributed by atoms with Crippen molar-refractivity contribution in [2.75, 3.05) is 13.1 Å². The Balaban J connectivity index is 1.74. The average Bonchev–Trinajstić information content (AvgIpc) is 3.05. The SMILES string of the molecule is O=C(NC1CCCNC1)c1ccn(-c2cccc(C(F)(F)F)c2)n1. The highest BCUT2D eigenvalue weighted by molar-refractivity contribution is 5.92. The number of halogens is 3. The maximum absolute atomic E-state index is 12.8. The topological polar surface area (TPSA) is 59.0 Å². The van der Waals surface area contributed by atoms with Crippen molar-refractivity contribution in [3.8, 4) is 5.69 Å². The van der Waals surface area contributed by atoms with Gasteiger partial charge in [-0.05, 0) is 43.7 Å². The van der Waals surface area contributed by atoms with Crippen LogP contribution in [-0.2, 0) is 6.18 Å². The van der Waals surface area contributed by atoms with E-state index in [1.54, 1.807) is 0 Å². The van der Waals surface area contributed by atoms with Gasteiger partial charge in [-0.15, -0.1) is 0 Å². The fourth-order valence-corrected chi connectivity index (χ4v) is 2.65. The summed E-state index contributed by atoms with van der Waals surface area (Å²) < 4.78 is 39.6. The molecule has 24 heavy (non-hydrogen) atoms. The number of carbonyl (C=O) groups is 1. The molecule has 8 heteroatoms. The number of alkyl halides is 3. The molecule has 0 saturated carbocycles. The van der Waals surface area contributed by atoms with Crippen LogP contribution < -0.4 is 10.6 Å². The molecule has 3 rings (SSSR count). The van der Waals surface area contributed by atoms with Crippen LogP contribution in [0.3, 0.4) is 0 Å². The van der Waals surface area contributed by atoms with Crippen molar-refractivity contribution in [3.63, 3.8) is 0 Å². The smallest absolute Gasteiger partial charge is 0.347 e. The van der Waals surface area contributed by atoms with Gasteiger partial charge in [0.25, 0.3) is 5.91 Å². The summed E-state index contributed by atoms with van der Waals surface area (Å²) in [5.41, 5.74) is -0.323. The molecule has 1 fully saturated rings. The minimum absolute atomic E-state index is 0.0463. The van der Waals surface area contributed by atoms with Gasteiger partial charge in [0.05, 0.1) is 11.3 Å². The van der Waals surface area contributed by atoms with E-state index < -0.39 is 11.7 Å². The number of rotatable bonds is 3. The number of nitrogens with zero attached hydrogens (tertiary/aromatic N) is 2. The van der Waals surface area contributed by atoms with E-state index in [1.165, 1.54) is 29.1 Å². The third-order valence-corrected chi connectivity index (χ3v) is 3.89. The summed E-state index contributed by atoms with van der Waals surface area (Å²) in [5, 5.41) is 10.2. The summed E-state index contributed by atoms with van der Waals surface area (Å²) in [5.74, 6) is -0.325. The van der Waals surface area contributed by atoms with E-state index in [9.17, 15) is 18.0 Å². The maximum Gasteiger partial charge on any atom is 0.416 e. The summed E-state index contributed by atoms with van der Waals surface area (Å²) in [6.07, 6.45) is -1.06. The molecule has 1 aliphatic heterocycles. The van der Waals surface area contributed by atoms with Crippen LogP contribution >= 0.6 is 0 Å². The van der Waals surface area contributed by atoms with Crippen LogP contribution in [0.15, 0.2) is 36.5 Å². The molecule has 128 valence electrons. The van der Waals surface area contributed by atoms with Gasteiger partial charge in [0.1, 0.15) is 0 Å². The fraction of sp³-hybridized carbons (Fsp3) is 0.375. The van der Waals surface area contributed by atoms with Gasteiger partial charge in [-0.1, -0.05) is 6.07 Å². The quantitative estimate of drug-likeness (QED) is 0.903. The molecule has 1 unspecified atom stereocenters. The lowest BCUT2D eigenvalue weighted by Crippen LogP contribution is -2.45. The van der Waals surface area contributed by atoms with E-state index >= 15 is 0 Å². The Bertz CT molecular complexity index is 720. The van der Waals surface area contributed by atoms with Crippen molar-refractivity contribution in [2.24, 2.45) is 0 Å². The standard InChI is InChI=1S/C16H17F3N4O/c17-16(18,19)11-3-1-5-13(9-11)23-8-6-14(22-23)15(24)21-12-4-2-7-20-10-12/h1,3,5-6,8-9,12,20H,2,4,7,10H2,(H,21,24). The molecule has 2 aromatic rings. The molecule has 0 radical (unpaired) electrons. The second-order valence-corrected chi connectivity index (χ2v) is 5.71. The Hall–Kier alpha value is -2.35. The van der Waals surface area contributed by atoms with Gasteiger partial charge in [0.2, 0.25) is 0 Å². The zero-order chi connectivity index (χ0) is 17.2. The molecule has 1 aliphatic rings. The highest BCUT2D eigenvalue weighted by Crippen LogP contribution is 2.30. The van der Waals surface area contributed by atoms with Gasteiger partial charge in [0, 0.05) is 18.8 Å². The Kier molecular flexibility index (Phi) is 4.57. The van der Waals surface area contributed by atoms with E-state index in [0.717, 1.165) is 31.5 Å². The molecule has 0 aliphatic carbocycles. The Labute approximate surface area is 136 Å². The number of carbonyl (C=O) groups excluding carboxylic acids is 1. The molecule has 1 saturated heterocycles. The molecule has 5 nitrogen and oxygen atoms in total. The first-order valence-corrected chi connectivity index (χ1v) is 7.68. The van der Waals surface area contributed by atoms with Crippen LogP contribution in [0.25, 0.3) is 5.69 Å². The van der Waals surface area contributed by atoms with Gasteiger partial charge in [0.15, 0.2) is 5.69 Å². The Morgan fingerprint density at radius 2 is 2.17 bits per heavy atom. The minimum Gasteiger partial charge on any atom is -0.347 e. The predicted octanol–water partition coefficient (Wildman–Crippen LogP) is 2.37. The number of hydrogen-bond donors (Lipinski definition) is 2. The van der Waals surface area contributed by atoms with Crippen molar-refractivity contribution >= 4 is 5.91 Å². The number of hydrogen-bond acceptors (Lipinski definition) is 3. The van der Waals surface area contributed by atoms with Crippen molar-refractivity contribution in [1.29, 1.82) is 0 Å². The van der Waals surface area contributed by atoms with Crippen LogP contribution in [0.1, 0.15) is 28.9 Å². The van der Waals surface area contributed by atoms with E-state index in [0.29, 0.717) is 6.54 Å². The Morgan fingerprint density at radius 1 is 1.33 bits per heavy atom. The third kappa shape index (κ3) is 3.76. The zero-order valence-electron chi connectivity index (χ0n) is 12.8. The number of nitrogens with one attached hydrogen (secondary N) is 2. The summed E-state index contributed by atoms with van der Waals surface area (Å²) in [7, 11) is 0. The van der Waals surface area contributed by atoms with Gasteiger partial charge in [-0.3, -0.25) is 4.79 Å². The normalized spacial score (nSPS) is 18.4. The summed E-state index contributed by atoms with van der Waals surface area (Å²) in [6, 6.07) is 6.36. The number of piperidine rings is 1. The highest BCUT2D eigenvalue weighted by Gasteiger charge is 2.30. The molecule has 1 atom stereocenters. The van der Waals surface area contributed by atoms with E-state index in [4.69, 9.17) is 0 Å². The van der Waals surface area contributed by atoms with Gasteiger partial charge in [-0.2, -0.15) is 18.3 Å². The fourth-order valence-electron chi connectivity index (χ4n) is 2.65. The molecular weight excluding hydrogens is 321 g/mol. The first-order chi connectivity index (χ1) is 11.4. The van der Waals surface area contributed by atoms with Crippen molar-refractivity contribution < 1.29 is 18.0 Å². The lowest BCUT2D eigenvalue weighted by atomic mass is 10.1. The summed E-state index contributed by atoms with van der Waals surface area (Å²) >= 11 is 0. The second-order valence-electron chi connectivity index (χ2n) is 5.71. The first-order valence-electron chi connectivity index (χ1n) is 7.68. The van der Waals surface area contributed by atoms with Crippen LogP contribution in [0.2, 0.25) is 0 Å². The maximum atomic E-state index is 12.8. The number of amides is 1. The van der Waals surface area contributed by atoms with Gasteiger partial charge >= 0.3 is 6.18 Å². The molecular formula is C16H17F3N4O. The molecule has 0 spiro atoms. The summed E-state index contributed by atoms with van der Waals surface area (Å²) in [4.78, 5) is 12.2. The average molecular weight is 338 g/mol. The van der Waals surface area contributed by atoms with Crippen molar-refractivity contribution in [1.82, 2.24) is 20.4 Å². The third-order valence-electron chi connectivity index (χ3n) is 3.89. The van der Waals surface area contributed by atoms with Gasteiger partial charge in [-0.25, -0.2) is 4.68 Å². The minimum atomic E-state index is -4.42. The van der Waals surface area contributed by atoms with E-state index in [1.807, 2.05) is 0 Å². The number of benzene rings is 1. The molecule has 1 aromatic carbocycles. The van der Waals surface area contributed by atoms with Crippen LogP contribution in [0, 0.1) is 0 Å². The van der Waals surface area contributed by atoms with E-state index in [2.05, 4.69) is 15.7 Å². The molecule has 1 amide bonds. The monoisotopic (exact) mass is 338 g/mol. The lowest BCUT2D eigenvalue weighted by molar-refractivity contribution is -0.137. The lowest BCUT2D eigenvalue weighted by Gasteiger charge is -2.23. The molecule has 2 heterocycles. The summed E-state index contributed by atoms with van der Waals surface area (Å²) in [6.45, 7) is 1.65. The first kappa shape index (κ1) is 16.5. The predicted molar refractivity (Wildman–Crippen MR) is 81.9 cm³/mol. The van der Waals surface area contributed by atoms with Crippen LogP contribution in [0.4, 0.5) is 13.2 Å². The molecule has 1 aromatic heterocycles. The molecule has 2 N–H and O–H groups in total. The van der Waals surface area contributed by atoms with Crippen LogP contribution in [-0.4, -0.2) is 34.8 Å². The van der Waals surface area contributed by atoms with Crippen LogP contribution in [0.5, 0.6) is 0 Å². The van der Waals surface area contributed by atoms with Crippen molar-refractivity contribution in [3.05, 3.63) is 47.8 Å². The van der Waals surface area contributed by atoms with E-state index in [-0.39, 0.29) is 23.3 Å². The zero-order valence-corrected chi connectivity index (χ0v) is 12.8. The second kappa shape index (κ2) is 6.64. The van der Waals surface area contributed by atoms with Gasteiger partial charge < -0.3 is 10.6 Å². The number of aromatic nitrogens is 2. The largest absolute Gasteiger partial charge is 0.416 e. The Morgan fingerprint density at radius 3 is 2.88 bits per heavy atom.